The molecule has 0 saturated carbocycles. The first-order valence-corrected chi connectivity index (χ1v) is 7.67. The molecule has 1 aliphatic rings. The van der Waals surface area contributed by atoms with Crippen LogP contribution >= 0.6 is 0 Å². The number of hydrogen-bond acceptors (Lipinski definition) is 6. The zero-order chi connectivity index (χ0) is 16.1. The summed E-state index contributed by atoms with van der Waals surface area (Å²) in [6.07, 6.45) is 9.03. The standard InChI is InChI=1S/C15H20N6O2/c22-15(23)1-4-21-12-13(9-18-21)11-19-5-7-20(8-6-19)14-10-16-2-3-17-14/h2-3,9-10,12H,1,4-8,11H2,(H,22,23). The van der Waals surface area contributed by atoms with Crippen LogP contribution in [-0.4, -0.2) is 61.9 Å². The summed E-state index contributed by atoms with van der Waals surface area (Å²) in [7, 11) is 0. The summed E-state index contributed by atoms with van der Waals surface area (Å²) in [5.74, 6) is 0.121. The van der Waals surface area contributed by atoms with Gasteiger partial charge in [0.1, 0.15) is 5.82 Å². The van der Waals surface area contributed by atoms with E-state index in [4.69, 9.17) is 5.11 Å². The number of piperazine rings is 1. The summed E-state index contributed by atoms with van der Waals surface area (Å²) in [6.45, 7) is 5.00. The van der Waals surface area contributed by atoms with Crippen LogP contribution in [0.5, 0.6) is 0 Å². The number of anilines is 1. The van der Waals surface area contributed by atoms with Gasteiger partial charge in [-0.1, -0.05) is 0 Å². The molecule has 0 unspecified atom stereocenters. The van der Waals surface area contributed by atoms with E-state index >= 15 is 0 Å². The fourth-order valence-electron chi connectivity index (χ4n) is 2.67. The predicted octanol–water partition coefficient (Wildman–Crippen LogP) is 0.470. The molecule has 1 aliphatic heterocycles. The Hall–Kier alpha value is -2.48. The topological polar surface area (TPSA) is 87.4 Å². The van der Waals surface area contributed by atoms with Crippen LogP contribution in [-0.2, 0) is 17.9 Å². The second-order valence-electron chi connectivity index (χ2n) is 5.58. The van der Waals surface area contributed by atoms with Crippen molar-refractivity contribution in [2.75, 3.05) is 31.1 Å². The van der Waals surface area contributed by atoms with Crippen LogP contribution in [0, 0.1) is 0 Å². The van der Waals surface area contributed by atoms with E-state index in [1.165, 1.54) is 0 Å². The summed E-state index contributed by atoms with van der Waals surface area (Å²) >= 11 is 0. The molecule has 0 bridgehead atoms. The summed E-state index contributed by atoms with van der Waals surface area (Å²) in [5.41, 5.74) is 1.11. The molecule has 122 valence electrons. The van der Waals surface area contributed by atoms with E-state index in [-0.39, 0.29) is 6.42 Å². The Labute approximate surface area is 134 Å². The smallest absolute Gasteiger partial charge is 0.305 e. The lowest BCUT2D eigenvalue weighted by molar-refractivity contribution is -0.137. The number of aromatic nitrogens is 4. The van der Waals surface area contributed by atoms with Crippen molar-refractivity contribution in [3.8, 4) is 0 Å². The fourth-order valence-corrected chi connectivity index (χ4v) is 2.67. The largest absolute Gasteiger partial charge is 0.481 e. The molecule has 3 rings (SSSR count). The minimum atomic E-state index is -0.804. The molecule has 2 aromatic heterocycles. The summed E-state index contributed by atoms with van der Waals surface area (Å²) in [5, 5.41) is 12.9. The Morgan fingerprint density at radius 2 is 2.00 bits per heavy atom. The van der Waals surface area contributed by atoms with Crippen molar-refractivity contribution in [3.63, 3.8) is 0 Å². The molecule has 23 heavy (non-hydrogen) atoms. The number of hydrogen-bond donors (Lipinski definition) is 1. The maximum atomic E-state index is 10.6. The van der Waals surface area contributed by atoms with E-state index in [0.717, 1.165) is 44.1 Å². The first-order valence-electron chi connectivity index (χ1n) is 7.67. The van der Waals surface area contributed by atoms with E-state index < -0.39 is 5.97 Å². The Kier molecular flexibility index (Phi) is 4.82. The van der Waals surface area contributed by atoms with Crippen molar-refractivity contribution in [2.24, 2.45) is 0 Å². The molecule has 2 aromatic rings. The lowest BCUT2D eigenvalue weighted by atomic mass is 10.2. The molecule has 0 spiro atoms. The summed E-state index contributed by atoms with van der Waals surface area (Å²) < 4.78 is 1.69. The third-order valence-electron chi connectivity index (χ3n) is 3.89. The van der Waals surface area contributed by atoms with Crippen LogP contribution < -0.4 is 4.90 Å². The van der Waals surface area contributed by atoms with Gasteiger partial charge in [0.15, 0.2) is 0 Å². The van der Waals surface area contributed by atoms with Crippen LogP contribution in [0.3, 0.4) is 0 Å². The van der Waals surface area contributed by atoms with Gasteiger partial charge in [0.25, 0.3) is 0 Å². The van der Waals surface area contributed by atoms with Crippen LogP contribution in [0.1, 0.15) is 12.0 Å². The van der Waals surface area contributed by atoms with Crippen molar-refractivity contribution in [2.45, 2.75) is 19.5 Å². The first-order chi connectivity index (χ1) is 11.2. The van der Waals surface area contributed by atoms with E-state index in [9.17, 15) is 4.79 Å². The molecule has 0 aromatic carbocycles. The number of carboxylic acid groups (broad SMARTS) is 1. The second-order valence-corrected chi connectivity index (χ2v) is 5.58. The normalized spacial score (nSPS) is 15.7. The maximum Gasteiger partial charge on any atom is 0.305 e. The highest BCUT2D eigenvalue weighted by Gasteiger charge is 2.18. The number of carboxylic acids is 1. The van der Waals surface area contributed by atoms with E-state index in [0.29, 0.717) is 6.54 Å². The van der Waals surface area contributed by atoms with Crippen LogP contribution in [0.4, 0.5) is 5.82 Å². The highest BCUT2D eigenvalue weighted by Crippen LogP contribution is 2.13. The summed E-state index contributed by atoms with van der Waals surface area (Å²) in [6, 6.07) is 0. The average molecular weight is 316 g/mol. The molecule has 0 atom stereocenters. The molecular formula is C15H20N6O2. The first kappa shape index (κ1) is 15.4. The number of aliphatic carboxylic acids is 1. The van der Waals surface area contributed by atoms with Gasteiger partial charge < -0.3 is 10.0 Å². The van der Waals surface area contributed by atoms with E-state index in [1.54, 1.807) is 23.3 Å². The lowest BCUT2D eigenvalue weighted by Gasteiger charge is -2.34. The van der Waals surface area contributed by atoms with Gasteiger partial charge in [-0.15, -0.1) is 0 Å². The number of nitrogens with zero attached hydrogens (tertiary/aromatic N) is 6. The van der Waals surface area contributed by atoms with Crippen molar-refractivity contribution in [1.29, 1.82) is 0 Å². The Balaban J connectivity index is 1.48. The van der Waals surface area contributed by atoms with Gasteiger partial charge in [-0.05, 0) is 0 Å². The average Bonchev–Trinajstić information content (AvgIpc) is 3.02. The van der Waals surface area contributed by atoms with Gasteiger partial charge in [-0.3, -0.25) is 19.4 Å². The van der Waals surface area contributed by atoms with Gasteiger partial charge >= 0.3 is 5.97 Å². The third-order valence-corrected chi connectivity index (χ3v) is 3.89. The molecule has 8 heteroatoms. The molecule has 1 saturated heterocycles. The van der Waals surface area contributed by atoms with Crippen molar-refractivity contribution >= 4 is 11.8 Å². The molecule has 3 heterocycles. The van der Waals surface area contributed by atoms with Crippen molar-refractivity contribution < 1.29 is 9.90 Å². The van der Waals surface area contributed by atoms with Crippen molar-refractivity contribution in [3.05, 3.63) is 36.5 Å². The van der Waals surface area contributed by atoms with Gasteiger partial charge in [0.05, 0.1) is 25.4 Å². The molecule has 0 aliphatic carbocycles. The highest BCUT2D eigenvalue weighted by molar-refractivity contribution is 5.66. The molecule has 8 nitrogen and oxygen atoms in total. The van der Waals surface area contributed by atoms with Gasteiger partial charge in [0, 0.05) is 56.9 Å². The number of rotatable bonds is 6. The van der Waals surface area contributed by atoms with Gasteiger partial charge in [0.2, 0.25) is 0 Å². The predicted molar refractivity (Wildman–Crippen MR) is 84.0 cm³/mol. The quantitative estimate of drug-likeness (QED) is 0.829. The molecular weight excluding hydrogens is 296 g/mol. The monoisotopic (exact) mass is 316 g/mol. The fraction of sp³-hybridized carbons (Fsp3) is 0.467. The number of aryl methyl sites for hydroxylation is 1. The molecule has 0 radical (unpaired) electrons. The Morgan fingerprint density at radius 3 is 2.70 bits per heavy atom. The van der Waals surface area contributed by atoms with E-state index in [2.05, 4.69) is 24.9 Å². The Morgan fingerprint density at radius 1 is 1.17 bits per heavy atom. The van der Waals surface area contributed by atoms with E-state index in [1.807, 2.05) is 12.4 Å². The van der Waals surface area contributed by atoms with Gasteiger partial charge in [-0.2, -0.15) is 5.10 Å². The highest BCUT2D eigenvalue weighted by atomic mass is 16.4. The van der Waals surface area contributed by atoms with Crippen LogP contribution in [0.2, 0.25) is 0 Å². The zero-order valence-corrected chi connectivity index (χ0v) is 12.9. The SMILES string of the molecule is O=C(O)CCn1cc(CN2CCN(c3cnccn3)CC2)cn1. The molecule has 1 fully saturated rings. The summed E-state index contributed by atoms with van der Waals surface area (Å²) in [4.78, 5) is 23.6. The Bertz CT molecular complexity index is 636. The zero-order valence-electron chi connectivity index (χ0n) is 12.9. The molecule has 1 N–H and O–H groups in total. The van der Waals surface area contributed by atoms with Crippen LogP contribution in [0.15, 0.2) is 31.0 Å². The lowest BCUT2D eigenvalue weighted by Crippen LogP contribution is -2.46. The molecule has 0 amide bonds. The minimum Gasteiger partial charge on any atom is -0.481 e. The second kappa shape index (κ2) is 7.19. The third kappa shape index (κ3) is 4.26. The van der Waals surface area contributed by atoms with Gasteiger partial charge in [-0.25, -0.2) is 4.98 Å². The van der Waals surface area contributed by atoms with Crippen molar-refractivity contribution in [1.82, 2.24) is 24.6 Å². The van der Waals surface area contributed by atoms with Crippen LogP contribution in [0.25, 0.3) is 0 Å². The number of carbonyl (C=O) groups is 1. The maximum absolute atomic E-state index is 10.6. The minimum absolute atomic E-state index is 0.0951.